The maximum atomic E-state index is 13.2. The average Bonchev–Trinajstić information content (AvgIpc) is 2.86. The first-order valence-corrected chi connectivity index (χ1v) is 9.89. The van der Waals surface area contributed by atoms with E-state index in [2.05, 4.69) is 10.6 Å². The zero-order valence-corrected chi connectivity index (χ0v) is 15.6. The van der Waals surface area contributed by atoms with Gasteiger partial charge in [-0.1, -0.05) is 43.0 Å². The van der Waals surface area contributed by atoms with Gasteiger partial charge in [0.05, 0.1) is 11.0 Å². The van der Waals surface area contributed by atoms with Crippen molar-refractivity contribution in [3.05, 3.63) is 34.9 Å². The normalized spacial score (nSPS) is 26.6. The van der Waals surface area contributed by atoms with Crippen LogP contribution in [0.5, 0.6) is 0 Å². The van der Waals surface area contributed by atoms with Crippen LogP contribution < -0.4 is 10.6 Å². The summed E-state index contributed by atoms with van der Waals surface area (Å²) in [4.78, 5) is 13.2. The van der Waals surface area contributed by atoms with E-state index in [1.807, 2.05) is 24.3 Å². The highest BCUT2D eigenvalue weighted by Gasteiger charge is 2.42. The summed E-state index contributed by atoms with van der Waals surface area (Å²) in [5.74, 6) is 0.0557. The molecule has 2 aliphatic rings. The molecule has 0 radical (unpaired) electrons. The first kappa shape index (κ1) is 18.7. The smallest absolute Gasteiger partial charge is 0.230 e. The number of rotatable bonds is 4. The van der Waals surface area contributed by atoms with Crippen molar-refractivity contribution in [1.29, 1.82) is 0 Å². The van der Waals surface area contributed by atoms with Crippen molar-refractivity contribution in [2.75, 3.05) is 19.6 Å². The Bertz CT molecular complexity index is 574. The molecule has 2 fully saturated rings. The molecule has 4 nitrogen and oxygen atoms in total. The molecular formula is C20H29ClN2O2. The molecule has 1 aliphatic heterocycles. The van der Waals surface area contributed by atoms with E-state index in [-0.39, 0.29) is 5.91 Å². The van der Waals surface area contributed by atoms with E-state index < -0.39 is 11.0 Å². The van der Waals surface area contributed by atoms with E-state index in [4.69, 9.17) is 11.6 Å². The van der Waals surface area contributed by atoms with E-state index in [0.717, 1.165) is 57.2 Å². The van der Waals surface area contributed by atoms with Crippen LogP contribution in [-0.4, -0.2) is 36.2 Å². The quantitative estimate of drug-likeness (QED) is 0.769. The van der Waals surface area contributed by atoms with Crippen LogP contribution in [0.3, 0.4) is 0 Å². The Labute approximate surface area is 155 Å². The molecule has 0 aromatic heterocycles. The molecule has 1 amide bonds. The fourth-order valence-electron chi connectivity index (χ4n) is 4.28. The third-order valence-electron chi connectivity index (χ3n) is 5.88. The minimum absolute atomic E-state index is 0.0557. The zero-order chi connectivity index (χ0) is 17.8. The van der Waals surface area contributed by atoms with Crippen LogP contribution in [0.15, 0.2) is 24.3 Å². The Hall–Kier alpha value is -1.10. The molecule has 1 saturated heterocycles. The molecule has 3 N–H and O–H groups in total. The largest absolute Gasteiger partial charge is 0.388 e. The molecular weight excluding hydrogens is 336 g/mol. The first-order chi connectivity index (χ1) is 12.0. The van der Waals surface area contributed by atoms with Crippen molar-refractivity contribution < 1.29 is 9.90 Å². The Morgan fingerprint density at radius 3 is 2.48 bits per heavy atom. The fourth-order valence-corrected chi connectivity index (χ4v) is 4.40. The monoisotopic (exact) mass is 364 g/mol. The minimum Gasteiger partial charge on any atom is -0.388 e. The lowest BCUT2D eigenvalue weighted by atomic mass is 9.68. The molecule has 0 spiro atoms. The molecule has 138 valence electrons. The van der Waals surface area contributed by atoms with Crippen LogP contribution in [0, 0.1) is 0 Å². The summed E-state index contributed by atoms with van der Waals surface area (Å²) in [6.07, 6.45) is 7.37. The first-order valence-electron chi connectivity index (χ1n) is 9.52. The summed E-state index contributed by atoms with van der Waals surface area (Å²) in [6.45, 7) is 2.07. The second-order valence-electron chi connectivity index (χ2n) is 7.66. The highest BCUT2D eigenvalue weighted by molar-refractivity contribution is 6.30. The van der Waals surface area contributed by atoms with Gasteiger partial charge in [-0.05, 0) is 62.9 Å². The third kappa shape index (κ3) is 4.36. The SMILES string of the molecule is O=C(NCC1(O)CCCNCC1)C1(c2ccc(Cl)cc2)CCCCC1. The second kappa shape index (κ2) is 8.07. The van der Waals surface area contributed by atoms with Gasteiger partial charge in [0.15, 0.2) is 0 Å². The summed E-state index contributed by atoms with van der Waals surface area (Å²) >= 11 is 6.03. The average molecular weight is 365 g/mol. The maximum absolute atomic E-state index is 13.2. The summed E-state index contributed by atoms with van der Waals surface area (Å²) < 4.78 is 0. The van der Waals surface area contributed by atoms with E-state index in [0.29, 0.717) is 18.0 Å². The van der Waals surface area contributed by atoms with Gasteiger partial charge in [-0.3, -0.25) is 4.79 Å². The number of nitrogens with one attached hydrogen (secondary N) is 2. The third-order valence-corrected chi connectivity index (χ3v) is 6.13. The number of hydrogen-bond acceptors (Lipinski definition) is 3. The Morgan fingerprint density at radius 2 is 1.76 bits per heavy atom. The molecule has 5 heteroatoms. The summed E-state index contributed by atoms with van der Waals surface area (Å²) in [6, 6.07) is 7.70. The van der Waals surface area contributed by atoms with Crippen molar-refractivity contribution in [1.82, 2.24) is 10.6 Å². The minimum atomic E-state index is -0.797. The summed E-state index contributed by atoms with van der Waals surface area (Å²) in [5.41, 5.74) is -0.236. The van der Waals surface area contributed by atoms with Crippen molar-refractivity contribution in [2.24, 2.45) is 0 Å². The standard InChI is InChI=1S/C20H29ClN2O2/c21-17-7-5-16(6-8-17)20(10-2-1-3-11-20)18(24)23-15-19(25)9-4-13-22-14-12-19/h5-8,22,25H,1-4,9-15H2,(H,23,24). The maximum Gasteiger partial charge on any atom is 0.230 e. The predicted molar refractivity (Wildman–Crippen MR) is 101 cm³/mol. The predicted octanol–water partition coefficient (Wildman–Crippen LogP) is 3.16. The van der Waals surface area contributed by atoms with Crippen LogP contribution in [0.2, 0.25) is 5.02 Å². The lowest BCUT2D eigenvalue weighted by molar-refractivity contribution is -0.129. The zero-order valence-electron chi connectivity index (χ0n) is 14.8. The van der Waals surface area contributed by atoms with Crippen LogP contribution in [-0.2, 0) is 10.2 Å². The number of aliphatic hydroxyl groups is 1. The van der Waals surface area contributed by atoms with E-state index in [1.165, 1.54) is 6.42 Å². The van der Waals surface area contributed by atoms with Crippen LogP contribution in [0.1, 0.15) is 56.9 Å². The Kier molecular flexibility index (Phi) is 6.03. The van der Waals surface area contributed by atoms with Crippen molar-refractivity contribution in [2.45, 2.75) is 62.4 Å². The second-order valence-corrected chi connectivity index (χ2v) is 8.10. The molecule has 1 aromatic rings. The van der Waals surface area contributed by atoms with Crippen molar-refractivity contribution >= 4 is 17.5 Å². The van der Waals surface area contributed by atoms with Gasteiger partial charge in [0.2, 0.25) is 5.91 Å². The molecule has 0 bridgehead atoms. The van der Waals surface area contributed by atoms with Gasteiger partial charge in [0.25, 0.3) is 0 Å². The van der Waals surface area contributed by atoms with Gasteiger partial charge in [0, 0.05) is 11.6 Å². The summed E-state index contributed by atoms with van der Waals surface area (Å²) in [7, 11) is 0. The molecule has 1 aliphatic carbocycles. The van der Waals surface area contributed by atoms with Gasteiger partial charge in [-0.2, -0.15) is 0 Å². The molecule has 1 unspecified atom stereocenters. The number of halogens is 1. The molecule has 1 atom stereocenters. The molecule has 1 aromatic carbocycles. The van der Waals surface area contributed by atoms with Gasteiger partial charge in [-0.25, -0.2) is 0 Å². The van der Waals surface area contributed by atoms with E-state index in [9.17, 15) is 9.90 Å². The summed E-state index contributed by atoms with van der Waals surface area (Å²) in [5, 5.41) is 17.9. The fraction of sp³-hybridized carbons (Fsp3) is 0.650. The van der Waals surface area contributed by atoms with Crippen LogP contribution in [0.25, 0.3) is 0 Å². The highest BCUT2D eigenvalue weighted by Crippen LogP contribution is 2.40. The number of benzene rings is 1. The number of amides is 1. The van der Waals surface area contributed by atoms with Crippen molar-refractivity contribution in [3.63, 3.8) is 0 Å². The van der Waals surface area contributed by atoms with Gasteiger partial charge >= 0.3 is 0 Å². The number of hydrogen-bond donors (Lipinski definition) is 3. The highest BCUT2D eigenvalue weighted by atomic mass is 35.5. The van der Waals surface area contributed by atoms with Crippen LogP contribution >= 0.6 is 11.6 Å². The molecule has 1 saturated carbocycles. The molecule has 1 heterocycles. The Balaban J connectivity index is 1.74. The van der Waals surface area contributed by atoms with Gasteiger partial charge in [-0.15, -0.1) is 0 Å². The lowest BCUT2D eigenvalue weighted by Gasteiger charge is -2.37. The van der Waals surface area contributed by atoms with E-state index >= 15 is 0 Å². The number of carbonyl (C=O) groups excluding carboxylic acids is 1. The number of carbonyl (C=O) groups is 1. The lowest BCUT2D eigenvalue weighted by Crippen LogP contribution is -2.51. The van der Waals surface area contributed by atoms with Crippen LogP contribution in [0.4, 0.5) is 0 Å². The van der Waals surface area contributed by atoms with Gasteiger partial charge < -0.3 is 15.7 Å². The topological polar surface area (TPSA) is 61.4 Å². The molecule has 3 rings (SSSR count). The van der Waals surface area contributed by atoms with Crippen molar-refractivity contribution in [3.8, 4) is 0 Å². The Morgan fingerprint density at radius 1 is 1.04 bits per heavy atom. The molecule has 25 heavy (non-hydrogen) atoms. The van der Waals surface area contributed by atoms with E-state index in [1.54, 1.807) is 0 Å². The van der Waals surface area contributed by atoms with Gasteiger partial charge in [0.1, 0.15) is 0 Å².